The smallest absolute Gasteiger partial charge is 0.343 e. The Labute approximate surface area is 168 Å². The first-order chi connectivity index (χ1) is 14.0. The van der Waals surface area contributed by atoms with E-state index in [2.05, 4.69) is 10.5 Å². The fourth-order valence-corrected chi connectivity index (χ4v) is 3.01. The van der Waals surface area contributed by atoms with Crippen molar-refractivity contribution in [2.24, 2.45) is 0 Å². The molecule has 0 aliphatic rings. The van der Waals surface area contributed by atoms with Crippen molar-refractivity contribution < 1.29 is 28.6 Å². The van der Waals surface area contributed by atoms with Crippen molar-refractivity contribution in [3.63, 3.8) is 0 Å². The second-order valence-corrected chi connectivity index (χ2v) is 6.23. The van der Waals surface area contributed by atoms with Gasteiger partial charge in [0.1, 0.15) is 0 Å². The number of ether oxygens (including phenoxy) is 3. The number of nitrogens with one attached hydrogen (secondary N) is 1. The topological polar surface area (TPSA) is 103 Å². The Hall–Kier alpha value is -3.68. The highest BCUT2D eigenvalue weighted by molar-refractivity contribution is 5.99. The van der Waals surface area contributed by atoms with Crippen LogP contribution in [-0.2, 0) is 0 Å². The molecule has 2 aromatic carbocycles. The van der Waals surface area contributed by atoms with E-state index >= 15 is 0 Å². The standard InChI is InChI=1S/C21H22N2O6/c1-12(14-10-15(26-2)19(28-4)16(11-14)27-3)22-20-17(21(24)25)18(29-23-20)13-8-6-5-7-9-13/h5-12H,1-4H3,(H,22,23)(H,24,25). The van der Waals surface area contributed by atoms with Crippen LogP contribution in [-0.4, -0.2) is 37.6 Å². The van der Waals surface area contributed by atoms with E-state index in [1.807, 2.05) is 13.0 Å². The lowest BCUT2D eigenvalue weighted by molar-refractivity contribution is 0.0698. The van der Waals surface area contributed by atoms with Crippen LogP contribution in [0.1, 0.15) is 28.9 Å². The number of aromatic carboxylic acids is 1. The molecule has 1 atom stereocenters. The van der Waals surface area contributed by atoms with Crippen molar-refractivity contribution in [1.29, 1.82) is 0 Å². The quantitative estimate of drug-likeness (QED) is 0.581. The summed E-state index contributed by atoms with van der Waals surface area (Å²) in [4.78, 5) is 11.9. The minimum Gasteiger partial charge on any atom is -0.493 e. The number of carbonyl (C=O) groups is 1. The van der Waals surface area contributed by atoms with Gasteiger partial charge in [-0.25, -0.2) is 4.79 Å². The van der Waals surface area contributed by atoms with Crippen molar-refractivity contribution in [3.8, 4) is 28.6 Å². The van der Waals surface area contributed by atoms with Gasteiger partial charge >= 0.3 is 5.97 Å². The van der Waals surface area contributed by atoms with Gasteiger partial charge in [-0.2, -0.15) is 0 Å². The summed E-state index contributed by atoms with van der Waals surface area (Å²) in [7, 11) is 4.60. The molecule has 3 rings (SSSR count). The summed E-state index contributed by atoms with van der Waals surface area (Å²) in [6.07, 6.45) is 0. The first kappa shape index (κ1) is 20.1. The molecule has 0 bridgehead atoms. The number of methoxy groups -OCH3 is 3. The zero-order valence-electron chi connectivity index (χ0n) is 16.6. The summed E-state index contributed by atoms with van der Waals surface area (Å²) in [5.74, 6) is 0.670. The lowest BCUT2D eigenvalue weighted by Gasteiger charge is -2.18. The van der Waals surface area contributed by atoms with E-state index in [1.165, 1.54) is 21.3 Å². The van der Waals surface area contributed by atoms with E-state index in [9.17, 15) is 9.90 Å². The van der Waals surface area contributed by atoms with Crippen LogP contribution in [0.5, 0.6) is 17.2 Å². The molecule has 3 aromatic rings. The molecule has 0 saturated carbocycles. The second kappa shape index (κ2) is 8.55. The van der Waals surface area contributed by atoms with Crippen LogP contribution in [0, 0.1) is 0 Å². The molecule has 2 N–H and O–H groups in total. The van der Waals surface area contributed by atoms with Gasteiger partial charge in [-0.1, -0.05) is 35.5 Å². The summed E-state index contributed by atoms with van der Waals surface area (Å²) in [5.41, 5.74) is 1.39. The number of hydrogen-bond donors (Lipinski definition) is 2. The normalized spacial score (nSPS) is 11.6. The van der Waals surface area contributed by atoms with Crippen molar-refractivity contribution in [3.05, 3.63) is 53.6 Å². The largest absolute Gasteiger partial charge is 0.493 e. The van der Waals surface area contributed by atoms with Gasteiger partial charge in [0.05, 0.1) is 27.4 Å². The highest BCUT2D eigenvalue weighted by Crippen LogP contribution is 2.40. The molecule has 0 amide bonds. The molecule has 0 aliphatic carbocycles. The van der Waals surface area contributed by atoms with Crippen LogP contribution in [0.15, 0.2) is 47.0 Å². The third-order valence-electron chi connectivity index (χ3n) is 4.48. The van der Waals surface area contributed by atoms with Crippen LogP contribution in [0.4, 0.5) is 5.82 Å². The van der Waals surface area contributed by atoms with E-state index in [1.54, 1.807) is 36.4 Å². The van der Waals surface area contributed by atoms with E-state index in [-0.39, 0.29) is 23.2 Å². The molecule has 29 heavy (non-hydrogen) atoms. The molecule has 0 spiro atoms. The van der Waals surface area contributed by atoms with E-state index in [0.717, 1.165) is 5.56 Å². The molecule has 0 fully saturated rings. The molecule has 1 aromatic heterocycles. The van der Waals surface area contributed by atoms with E-state index in [0.29, 0.717) is 22.8 Å². The van der Waals surface area contributed by atoms with E-state index < -0.39 is 5.97 Å². The second-order valence-electron chi connectivity index (χ2n) is 6.23. The van der Waals surface area contributed by atoms with Crippen LogP contribution in [0.25, 0.3) is 11.3 Å². The fourth-order valence-electron chi connectivity index (χ4n) is 3.01. The minimum absolute atomic E-state index is 0.0320. The van der Waals surface area contributed by atoms with Crippen molar-refractivity contribution >= 4 is 11.8 Å². The first-order valence-electron chi connectivity index (χ1n) is 8.85. The number of carboxylic acid groups (broad SMARTS) is 1. The highest BCUT2D eigenvalue weighted by Gasteiger charge is 2.25. The molecule has 0 saturated heterocycles. The number of nitrogens with zero attached hydrogens (tertiary/aromatic N) is 1. The van der Waals surface area contributed by atoms with Gasteiger partial charge in [-0.15, -0.1) is 0 Å². The number of benzene rings is 2. The molecule has 152 valence electrons. The molecule has 1 unspecified atom stereocenters. The van der Waals surface area contributed by atoms with Crippen molar-refractivity contribution in [2.45, 2.75) is 13.0 Å². The Balaban J connectivity index is 1.97. The lowest BCUT2D eigenvalue weighted by Crippen LogP contribution is -2.11. The summed E-state index contributed by atoms with van der Waals surface area (Å²) in [6.45, 7) is 1.86. The maximum absolute atomic E-state index is 11.9. The monoisotopic (exact) mass is 398 g/mol. The molecule has 8 nitrogen and oxygen atoms in total. The number of rotatable bonds is 8. The number of anilines is 1. The maximum Gasteiger partial charge on any atom is 0.343 e. The first-order valence-corrected chi connectivity index (χ1v) is 8.85. The Morgan fingerprint density at radius 2 is 1.69 bits per heavy atom. The summed E-state index contributed by atoms with van der Waals surface area (Å²) in [6, 6.07) is 12.2. The SMILES string of the molecule is COc1cc(C(C)Nc2noc(-c3ccccc3)c2C(=O)O)cc(OC)c1OC. The zero-order chi connectivity index (χ0) is 21.0. The van der Waals surface area contributed by atoms with Crippen LogP contribution < -0.4 is 19.5 Å². The van der Waals surface area contributed by atoms with E-state index in [4.69, 9.17) is 18.7 Å². The molecule has 1 heterocycles. The fraction of sp³-hybridized carbons (Fsp3) is 0.238. The van der Waals surface area contributed by atoms with Gasteiger partial charge < -0.3 is 29.2 Å². The van der Waals surface area contributed by atoms with Gasteiger partial charge in [0, 0.05) is 5.56 Å². The molecule has 8 heteroatoms. The number of hydrogen-bond acceptors (Lipinski definition) is 7. The van der Waals surface area contributed by atoms with Gasteiger partial charge in [-0.3, -0.25) is 0 Å². The predicted molar refractivity (Wildman–Crippen MR) is 107 cm³/mol. The zero-order valence-corrected chi connectivity index (χ0v) is 16.6. The van der Waals surface area contributed by atoms with Gasteiger partial charge in [0.25, 0.3) is 0 Å². The maximum atomic E-state index is 11.9. The van der Waals surface area contributed by atoms with Crippen LogP contribution in [0.3, 0.4) is 0 Å². The Bertz CT molecular complexity index is 975. The third-order valence-corrected chi connectivity index (χ3v) is 4.48. The average Bonchev–Trinajstić information content (AvgIpc) is 3.16. The predicted octanol–water partition coefficient (Wildman–Crippen LogP) is 4.24. The van der Waals surface area contributed by atoms with Gasteiger partial charge in [0.2, 0.25) is 5.75 Å². The Kier molecular flexibility index (Phi) is 5.92. The Morgan fingerprint density at radius 1 is 1.07 bits per heavy atom. The third kappa shape index (κ3) is 3.96. The summed E-state index contributed by atoms with van der Waals surface area (Å²) >= 11 is 0. The van der Waals surface area contributed by atoms with Crippen LogP contribution >= 0.6 is 0 Å². The minimum atomic E-state index is -1.13. The Morgan fingerprint density at radius 3 is 2.21 bits per heavy atom. The molecule has 0 aliphatic heterocycles. The highest BCUT2D eigenvalue weighted by atomic mass is 16.5. The van der Waals surface area contributed by atoms with Crippen molar-refractivity contribution in [1.82, 2.24) is 5.16 Å². The lowest BCUT2D eigenvalue weighted by atomic mass is 10.1. The molecular formula is C21H22N2O6. The molecule has 0 radical (unpaired) electrons. The summed E-state index contributed by atoms with van der Waals surface area (Å²) in [5, 5.41) is 16.8. The van der Waals surface area contributed by atoms with Gasteiger partial charge in [0.15, 0.2) is 28.6 Å². The number of carboxylic acids is 1. The average molecular weight is 398 g/mol. The van der Waals surface area contributed by atoms with Gasteiger partial charge in [-0.05, 0) is 24.6 Å². The van der Waals surface area contributed by atoms with Crippen molar-refractivity contribution in [2.75, 3.05) is 26.6 Å². The molecular weight excluding hydrogens is 376 g/mol. The number of aromatic nitrogens is 1. The summed E-state index contributed by atoms with van der Waals surface area (Å²) < 4.78 is 21.4. The van der Waals surface area contributed by atoms with Crippen LogP contribution in [0.2, 0.25) is 0 Å².